The van der Waals surface area contributed by atoms with Gasteiger partial charge < -0.3 is 14.6 Å². The van der Waals surface area contributed by atoms with Crippen LogP contribution < -0.4 is 5.32 Å². The number of carbonyl (C=O) groups excluding carboxylic acids is 1. The Hall–Kier alpha value is -1.29. The van der Waals surface area contributed by atoms with E-state index in [2.05, 4.69) is 12.2 Å². The number of hydrogen-bond donors (Lipinski definition) is 1. The highest BCUT2D eigenvalue weighted by atomic mass is 16.3. The maximum Gasteiger partial charge on any atom is 0.227 e. The summed E-state index contributed by atoms with van der Waals surface area (Å²) in [6.07, 6.45) is 1.65. The van der Waals surface area contributed by atoms with E-state index in [1.165, 1.54) is 0 Å². The highest BCUT2D eigenvalue weighted by Gasteiger charge is 2.32. The lowest BCUT2D eigenvalue weighted by Crippen LogP contribution is -2.38. The first kappa shape index (κ1) is 12.2. The van der Waals surface area contributed by atoms with Gasteiger partial charge in [0.15, 0.2) is 0 Å². The molecule has 0 radical (unpaired) electrons. The second kappa shape index (κ2) is 5.36. The van der Waals surface area contributed by atoms with E-state index in [4.69, 9.17) is 4.42 Å². The molecule has 0 saturated carbocycles. The number of nitrogens with zero attached hydrogens (tertiary/aromatic N) is 1. The van der Waals surface area contributed by atoms with Gasteiger partial charge >= 0.3 is 0 Å². The maximum atomic E-state index is 12.4. The van der Waals surface area contributed by atoms with Gasteiger partial charge in [0, 0.05) is 13.1 Å². The summed E-state index contributed by atoms with van der Waals surface area (Å²) in [5.41, 5.74) is 0. The van der Waals surface area contributed by atoms with Gasteiger partial charge in [0.05, 0.1) is 18.7 Å². The zero-order valence-electron chi connectivity index (χ0n) is 10.5. The molecule has 1 aliphatic heterocycles. The van der Waals surface area contributed by atoms with E-state index in [9.17, 15) is 4.79 Å². The first-order chi connectivity index (χ1) is 8.22. The maximum absolute atomic E-state index is 12.4. The Morgan fingerprint density at radius 2 is 2.41 bits per heavy atom. The third-order valence-corrected chi connectivity index (χ3v) is 3.45. The van der Waals surface area contributed by atoms with Crippen molar-refractivity contribution in [2.24, 2.45) is 11.8 Å². The van der Waals surface area contributed by atoms with Gasteiger partial charge in [0.1, 0.15) is 5.76 Å². The molecule has 94 valence electrons. The Morgan fingerprint density at radius 1 is 1.59 bits per heavy atom. The fourth-order valence-electron chi connectivity index (χ4n) is 2.31. The van der Waals surface area contributed by atoms with E-state index in [0.29, 0.717) is 12.5 Å². The van der Waals surface area contributed by atoms with Crippen molar-refractivity contribution in [3.05, 3.63) is 24.2 Å². The molecule has 0 aromatic carbocycles. The van der Waals surface area contributed by atoms with Crippen LogP contribution in [0.15, 0.2) is 22.8 Å². The molecule has 1 N–H and O–H groups in total. The van der Waals surface area contributed by atoms with Crippen molar-refractivity contribution in [3.63, 3.8) is 0 Å². The van der Waals surface area contributed by atoms with E-state index < -0.39 is 0 Å². The Labute approximate surface area is 102 Å². The van der Waals surface area contributed by atoms with Gasteiger partial charge in [-0.2, -0.15) is 0 Å². The van der Waals surface area contributed by atoms with Crippen LogP contribution in [0, 0.1) is 11.8 Å². The highest BCUT2D eigenvalue weighted by molar-refractivity contribution is 5.79. The Balaban J connectivity index is 2.00. The average molecular weight is 236 g/mol. The highest BCUT2D eigenvalue weighted by Crippen LogP contribution is 2.19. The zero-order valence-corrected chi connectivity index (χ0v) is 10.5. The van der Waals surface area contributed by atoms with Crippen LogP contribution in [0.1, 0.15) is 19.6 Å². The summed E-state index contributed by atoms with van der Waals surface area (Å²) in [4.78, 5) is 14.2. The summed E-state index contributed by atoms with van der Waals surface area (Å²) >= 11 is 0. The molecule has 2 rings (SSSR count). The third-order valence-electron chi connectivity index (χ3n) is 3.45. The molecular formula is C13H20N2O2. The number of rotatable bonds is 4. The van der Waals surface area contributed by atoms with Crippen molar-refractivity contribution in [2.75, 3.05) is 19.6 Å². The summed E-state index contributed by atoms with van der Waals surface area (Å²) in [6.45, 7) is 7.18. The minimum Gasteiger partial charge on any atom is -0.467 e. The quantitative estimate of drug-likeness (QED) is 0.861. The molecule has 0 aliphatic carbocycles. The van der Waals surface area contributed by atoms with Crippen molar-refractivity contribution in [3.8, 4) is 0 Å². The van der Waals surface area contributed by atoms with E-state index in [1.807, 2.05) is 24.0 Å². The molecule has 0 spiro atoms. The fourth-order valence-corrected chi connectivity index (χ4v) is 2.31. The summed E-state index contributed by atoms with van der Waals surface area (Å²) in [5, 5.41) is 3.27. The summed E-state index contributed by atoms with van der Waals surface area (Å²) in [6, 6.07) is 3.76. The molecule has 1 saturated heterocycles. The first-order valence-electron chi connectivity index (χ1n) is 6.24. The van der Waals surface area contributed by atoms with Gasteiger partial charge in [-0.1, -0.05) is 6.92 Å². The normalized spacial score (nSPS) is 23.9. The van der Waals surface area contributed by atoms with Crippen LogP contribution in [-0.4, -0.2) is 30.4 Å². The molecule has 1 amide bonds. The van der Waals surface area contributed by atoms with Crippen molar-refractivity contribution < 1.29 is 9.21 Å². The molecule has 1 aromatic heterocycles. The van der Waals surface area contributed by atoms with Gasteiger partial charge in [0.25, 0.3) is 0 Å². The van der Waals surface area contributed by atoms with Gasteiger partial charge in [-0.05, 0) is 31.5 Å². The van der Waals surface area contributed by atoms with Crippen molar-refractivity contribution in [2.45, 2.75) is 20.4 Å². The van der Waals surface area contributed by atoms with Crippen LogP contribution in [-0.2, 0) is 11.3 Å². The summed E-state index contributed by atoms with van der Waals surface area (Å²) in [5.74, 6) is 1.62. The van der Waals surface area contributed by atoms with Crippen LogP contribution in [0.2, 0.25) is 0 Å². The number of carbonyl (C=O) groups is 1. The average Bonchev–Trinajstić information content (AvgIpc) is 2.96. The number of amides is 1. The van der Waals surface area contributed by atoms with Crippen LogP contribution in [0.25, 0.3) is 0 Å². The number of hydrogen-bond acceptors (Lipinski definition) is 3. The standard InChI is InChI=1S/C13H20N2O2/c1-3-15(9-11-5-4-6-17-11)13(16)12-8-14-7-10(12)2/h4-6,10,12,14H,3,7-9H2,1-2H3/t10-,12-/m1/s1. The van der Waals surface area contributed by atoms with E-state index in [1.54, 1.807) is 6.26 Å². The predicted octanol–water partition coefficient (Wildman–Crippen LogP) is 1.48. The molecule has 0 bridgehead atoms. The molecule has 17 heavy (non-hydrogen) atoms. The minimum atomic E-state index is 0.116. The van der Waals surface area contributed by atoms with Gasteiger partial charge in [-0.3, -0.25) is 4.79 Å². The molecule has 4 nitrogen and oxygen atoms in total. The SMILES string of the molecule is CCN(Cc1ccco1)C(=O)[C@@H]1CNC[C@H]1C. The largest absolute Gasteiger partial charge is 0.467 e. The molecule has 2 atom stereocenters. The Morgan fingerprint density at radius 3 is 2.94 bits per heavy atom. The number of furan rings is 1. The molecule has 2 heterocycles. The lowest BCUT2D eigenvalue weighted by molar-refractivity contribution is -0.136. The van der Waals surface area contributed by atoms with Crippen LogP contribution in [0.4, 0.5) is 0 Å². The molecule has 4 heteroatoms. The topological polar surface area (TPSA) is 45.5 Å². The second-order valence-electron chi connectivity index (χ2n) is 4.67. The Bertz CT molecular complexity index is 362. The smallest absolute Gasteiger partial charge is 0.227 e. The van der Waals surface area contributed by atoms with Crippen molar-refractivity contribution >= 4 is 5.91 Å². The van der Waals surface area contributed by atoms with Gasteiger partial charge in [0.2, 0.25) is 5.91 Å². The molecule has 1 aliphatic rings. The predicted molar refractivity (Wildman–Crippen MR) is 65.3 cm³/mol. The van der Waals surface area contributed by atoms with E-state index in [-0.39, 0.29) is 11.8 Å². The fraction of sp³-hybridized carbons (Fsp3) is 0.615. The zero-order chi connectivity index (χ0) is 12.3. The van der Waals surface area contributed by atoms with Crippen LogP contribution in [0.5, 0.6) is 0 Å². The van der Waals surface area contributed by atoms with E-state index in [0.717, 1.165) is 25.4 Å². The summed E-state index contributed by atoms with van der Waals surface area (Å²) in [7, 11) is 0. The second-order valence-corrected chi connectivity index (χ2v) is 4.67. The van der Waals surface area contributed by atoms with E-state index >= 15 is 0 Å². The molecular weight excluding hydrogens is 216 g/mol. The lowest BCUT2D eigenvalue weighted by Gasteiger charge is -2.24. The number of nitrogens with one attached hydrogen (secondary N) is 1. The third kappa shape index (κ3) is 2.69. The molecule has 1 fully saturated rings. The molecule has 0 unspecified atom stereocenters. The lowest BCUT2D eigenvalue weighted by atomic mass is 9.96. The van der Waals surface area contributed by atoms with Gasteiger partial charge in [-0.25, -0.2) is 0 Å². The van der Waals surface area contributed by atoms with Crippen LogP contribution in [0.3, 0.4) is 0 Å². The molecule has 1 aromatic rings. The first-order valence-corrected chi connectivity index (χ1v) is 6.24. The van der Waals surface area contributed by atoms with Crippen molar-refractivity contribution in [1.29, 1.82) is 0 Å². The van der Waals surface area contributed by atoms with Gasteiger partial charge in [-0.15, -0.1) is 0 Å². The Kier molecular flexibility index (Phi) is 3.84. The monoisotopic (exact) mass is 236 g/mol. The summed E-state index contributed by atoms with van der Waals surface area (Å²) < 4.78 is 5.30. The van der Waals surface area contributed by atoms with Crippen LogP contribution >= 0.6 is 0 Å². The minimum absolute atomic E-state index is 0.116. The van der Waals surface area contributed by atoms with Crippen molar-refractivity contribution in [1.82, 2.24) is 10.2 Å².